The highest BCUT2D eigenvalue weighted by atomic mass is 35.5. The third kappa shape index (κ3) is 3.51. The van der Waals surface area contributed by atoms with E-state index in [2.05, 4.69) is 9.71 Å². The Kier molecular flexibility index (Phi) is 5.10. The molecule has 8 heteroatoms. The van der Waals surface area contributed by atoms with Crippen LogP contribution in [0.5, 0.6) is 0 Å². The maximum atomic E-state index is 13.4. The van der Waals surface area contributed by atoms with Crippen LogP contribution in [0.3, 0.4) is 0 Å². The normalized spacial score (nSPS) is 15.5. The molecule has 1 fully saturated rings. The van der Waals surface area contributed by atoms with E-state index in [-0.39, 0.29) is 18.5 Å². The van der Waals surface area contributed by atoms with Crippen molar-refractivity contribution >= 4 is 40.6 Å². The molecule has 28 heavy (non-hydrogen) atoms. The van der Waals surface area contributed by atoms with E-state index in [1.165, 1.54) is 29.5 Å². The van der Waals surface area contributed by atoms with Gasteiger partial charge in [0.15, 0.2) is 0 Å². The van der Waals surface area contributed by atoms with Crippen LogP contribution in [-0.4, -0.2) is 17.4 Å². The van der Waals surface area contributed by atoms with E-state index in [1.807, 2.05) is 35.9 Å². The third-order valence-corrected chi connectivity index (χ3v) is 6.65. The molecule has 2 aromatic heterocycles. The maximum absolute atomic E-state index is 13.4. The summed E-state index contributed by atoms with van der Waals surface area (Å²) in [4.78, 5) is 4.99. The number of rotatable bonds is 5. The summed E-state index contributed by atoms with van der Waals surface area (Å²) in [5.41, 5.74) is 1.75. The predicted octanol–water partition coefficient (Wildman–Crippen LogP) is 7.41. The minimum atomic E-state index is -4.27. The SMILES string of the molecule is CSNc1ccc(-c2cc(-c3ccnc(C4(C(F)(F)F)CC4)c3)cs2)c(Cl)c1. The van der Waals surface area contributed by atoms with Gasteiger partial charge in [-0.1, -0.05) is 23.5 Å². The van der Waals surface area contributed by atoms with E-state index in [0.717, 1.165) is 27.3 Å². The number of benzene rings is 1. The quantitative estimate of drug-likeness (QED) is 0.418. The Labute approximate surface area is 174 Å². The van der Waals surface area contributed by atoms with Crippen LogP contribution in [0.1, 0.15) is 18.5 Å². The van der Waals surface area contributed by atoms with Crippen LogP contribution in [0.4, 0.5) is 18.9 Å². The van der Waals surface area contributed by atoms with Crippen LogP contribution < -0.4 is 4.72 Å². The first-order valence-corrected chi connectivity index (χ1v) is 11.0. The Hall–Kier alpha value is -1.70. The van der Waals surface area contributed by atoms with Crippen LogP contribution in [0.15, 0.2) is 48.0 Å². The highest BCUT2D eigenvalue weighted by molar-refractivity contribution is 7.99. The zero-order chi connectivity index (χ0) is 19.9. The summed E-state index contributed by atoms with van der Waals surface area (Å²) in [6.45, 7) is 0. The van der Waals surface area contributed by atoms with Crippen molar-refractivity contribution in [3.63, 3.8) is 0 Å². The van der Waals surface area contributed by atoms with E-state index in [4.69, 9.17) is 11.6 Å². The second-order valence-corrected chi connectivity index (χ2v) is 8.64. The molecule has 1 aromatic carbocycles. The molecule has 0 bridgehead atoms. The number of nitrogens with one attached hydrogen (secondary N) is 1. The van der Waals surface area contributed by atoms with E-state index < -0.39 is 11.6 Å². The van der Waals surface area contributed by atoms with E-state index in [1.54, 1.807) is 12.1 Å². The number of anilines is 1. The van der Waals surface area contributed by atoms with Gasteiger partial charge in [0.05, 0.1) is 10.7 Å². The number of pyridine rings is 1. The molecule has 0 unspecified atom stereocenters. The van der Waals surface area contributed by atoms with Crippen molar-refractivity contribution in [3.05, 3.63) is 58.7 Å². The average Bonchev–Trinajstić information content (AvgIpc) is 3.35. The molecular formula is C20H16ClF3N2S2. The largest absolute Gasteiger partial charge is 0.399 e. The summed E-state index contributed by atoms with van der Waals surface area (Å²) in [5.74, 6) is 0. The lowest BCUT2D eigenvalue weighted by molar-refractivity contribution is -0.161. The number of hydrogen-bond donors (Lipinski definition) is 1. The van der Waals surface area contributed by atoms with Crippen LogP contribution in [0.25, 0.3) is 21.6 Å². The lowest BCUT2D eigenvalue weighted by Gasteiger charge is -2.18. The number of thiophene rings is 1. The molecular weight excluding hydrogens is 425 g/mol. The molecule has 1 N–H and O–H groups in total. The fourth-order valence-electron chi connectivity index (χ4n) is 3.21. The van der Waals surface area contributed by atoms with Crippen molar-refractivity contribution in [3.8, 4) is 21.6 Å². The van der Waals surface area contributed by atoms with Crippen LogP contribution in [-0.2, 0) is 5.41 Å². The van der Waals surface area contributed by atoms with Crippen LogP contribution in [0.2, 0.25) is 5.02 Å². The fourth-order valence-corrected chi connectivity index (χ4v) is 4.87. The zero-order valence-electron chi connectivity index (χ0n) is 14.8. The molecule has 0 spiro atoms. The Morgan fingerprint density at radius 1 is 1.14 bits per heavy atom. The van der Waals surface area contributed by atoms with E-state index >= 15 is 0 Å². The number of hydrogen-bond acceptors (Lipinski definition) is 4. The number of alkyl halides is 3. The first-order chi connectivity index (χ1) is 13.3. The molecule has 0 atom stereocenters. The molecule has 1 aliphatic carbocycles. The van der Waals surface area contributed by atoms with Crippen LogP contribution in [0, 0.1) is 0 Å². The molecule has 0 radical (unpaired) electrons. The van der Waals surface area contributed by atoms with Gasteiger partial charge >= 0.3 is 6.18 Å². The predicted molar refractivity (Wildman–Crippen MR) is 112 cm³/mol. The highest BCUT2D eigenvalue weighted by Crippen LogP contribution is 2.58. The molecule has 3 aromatic rings. The summed E-state index contributed by atoms with van der Waals surface area (Å²) in [6, 6.07) is 11.0. The Balaban J connectivity index is 1.65. The van der Waals surface area contributed by atoms with Gasteiger partial charge in [0.1, 0.15) is 5.41 Å². The second kappa shape index (κ2) is 7.28. The average molecular weight is 441 g/mol. The standard InChI is InChI=1S/C20H16ClF3N2S2/c1-27-26-14-2-3-15(16(21)10-14)17-8-13(11-28-17)12-4-7-25-18(9-12)19(5-6-19)20(22,23)24/h2-4,7-11,26H,5-6H2,1H3. The maximum Gasteiger partial charge on any atom is 0.399 e. The zero-order valence-corrected chi connectivity index (χ0v) is 17.2. The Morgan fingerprint density at radius 3 is 2.57 bits per heavy atom. The Morgan fingerprint density at radius 2 is 1.93 bits per heavy atom. The molecule has 4 rings (SSSR count). The van der Waals surface area contributed by atoms with Gasteiger partial charge in [-0.2, -0.15) is 13.2 Å². The van der Waals surface area contributed by atoms with Crippen molar-refractivity contribution in [2.45, 2.75) is 24.4 Å². The molecule has 0 saturated heterocycles. The fraction of sp³-hybridized carbons (Fsp3) is 0.250. The molecule has 2 nitrogen and oxygen atoms in total. The summed E-state index contributed by atoms with van der Waals surface area (Å²) >= 11 is 9.42. The molecule has 0 amide bonds. The van der Waals surface area contributed by atoms with E-state index in [9.17, 15) is 13.2 Å². The lowest BCUT2D eigenvalue weighted by atomic mass is 9.98. The first-order valence-electron chi connectivity index (χ1n) is 8.55. The summed E-state index contributed by atoms with van der Waals surface area (Å²) in [5, 5.41) is 2.56. The van der Waals surface area contributed by atoms with Crippen LogP contribution >= 0.6 is 34.9 Å². The van der Waals surface area contributed by atoms with Crippen molar-refractivity contribution < 1.29 is 13.2 Å². The molecule has 2 heterocycles. The monoisotopic (exact) mass is 440 g/mol. The van der Waals surface area contributed by atoms with Gasteiger partial charge in [0.25, 0.3) is 0 Å². The lowest BCUT2D eigenvalue weighted by Crippen LogP contribution is -2.29. The first kappa shape index (κ1) is 19.6. The molecule has 146 valence electrons. The van der Waals surface area contributed by atoms with Gasteiger partial charge in [-0.25, -0.2) is 0 Å². The number of nitrogens with zero attached hydrogens (tertiary/aromatic N) is 1. The van der Waals surface area contributed by atoms with Gasteiger partial charge in [-0.3, -0.25) is 4.98 Å². The van der Waals surface area contributed by atoms with Gasteiger partial charge < -0.3 is 4.72 Å². The van der Waals surface area contributed by atoms with E-state index in [0.29, 0.717) is 5.02 Å². The van der Waals surface area contributed by atoms with Gasteiger partial charge in [-0.15, -0.1) is 11.3 Å². The smallest absolute Gasteiger partial charge is 0.330 e. The van der Waals surface area contributed by atoms with Crippen molar-refractivity contribution in [2.24, 2.45) is 0 Å². The highest BCUT2D eigenvalue weighted by Gasteiger charge is 2.65. The number of aromatic nitrogens is 1. The van der Waals surface area contributed by atoms with Crippen molar-refractivity contribution in [1.29, 1.82) is 0 Å². The molecule has 1 aliphatic rings. The van der Waals surface area contributed by atoms with Crippen molar-refractivity contribution in [1.82, 2.24) is 4.98 Å². The summed E-state index contributed by atoms with van der Waals surface area (Å²) in [7, 11) is 0. The molecule has 1 saturated carbocycles. The second-order valence-electron chi connectivity index (χ2n) is 6.71. The minimum Gasteiger partial charge on any atom is -0.330 e. The third-order valence-electron chi connectivity index (χ3n) is 4.93. The Bertz CT molecular complexity index is 1010. The van der Waals surface area contributed by atoms with Gasteiger partial charge in [0.2, 0.25) is 0 Å². The van der Waals surface area contributed by atoms with Gasteiger partial charge in [0, 0.05) is 28.6 Å². The topological polar surface area (TPSA) is 24.9 Å². The number of halogens is 4. The van der Waals surface area contributed by atoms with Gasteiger partial charge in [-0.05, 0) is 65.7 Å². The summed E-state index contributed by atoms with van der Waals surface area (Å²) < 4.78 is 43.4. The minimum absolute atomic E-state index is 0.105. The summed E-state index contributed by atoms with van der Waals surface area (Å²) in [6.07, 6.45) is -0.662. The van der Waals surface area contributed by atoms with Crippen molar-refractivity contribution in [2.75, 3.05) is 11.0 Å². The molecule has 0 aliphatic heterocycles.